The molecule has 2 aromatic carbocycles. The largest absolute Gasteiger partial charge is 0.507 e. The number of aliphatic hydroxyl groups is 1. The molecule has 1 aliphatic rings. The number of Topliss-reactive ketones (excluding diaryl/α,β-unsaturated/α-hetero) is 1. The average molecular weight is 416 g/mol. The summed E-state index contributed by atoms with van der Waals surface area (Å²) in [6, 6.07) is 12.9. The van der Waals surface area contributed by atoms with Gasteiger partial charge < -0.3 is 19.5 Å². The number of aliphatic hydroxyl groups excluding tert-OH is 1. The SMILES string of the molecule is COCCCN1C(=O)C(=O)/C(=C(\O)c2cccc(Cl)c2)C1c1cccc(OC)c1. The number of hydrogen-bond donors (Lipinski definition) is 1. The predicted molar refractivity (Wildman–Crippen MR) is 110 cm³/mol. The van der Waals surface area contributed by atoms with E-state index in [0.717, 1.165) is 0 Å². The standard InChI is InChI=1S/C22H22ClNO5/c1-28-11-5-10-24-19(14-6-4-9-17(13-14)29-2)18(21(26)22(24)27)20(25)15-7-3-8-16(23)12-15/h3-4,6-9,12-13,19,25H,5,10-11H2,1-2H3/b20-18-. The van der Waals surface area contributed by atoms with Crippen LogP contribution in [0.1, 0.15) is 23.6 Å². The van der Waals surface area contributed by atoms with Gasteiger partial charge in [-0.3, -0.25) is 9.59 Å². The summed E-state index contributed by atoms with van der Waals surface area (Å²) in [6.07, 6.45) is 0.557. The van der Waals surface area contributed by atoms with Crippen molar-refractivity contribution in [2.24, 2.45) is 0 Å². The van der Waals surface area contributed by atoms with E-state index in [1.54, 1.807) is 62.8 Å². The third-order valence-electron chi connectivity index (χ3n) is 4.80. The highest BCUT2D eigenvalue weighted by Gasteiger charge is 2.45. The second kappa shape index (κ2) is 9.11. The Hall–Kier alpha value is -2.83. The van der Waals surface area contributed by atoms with Crippen molar-refractivity contribution in [1.82, 2.24) is 4.90 Å². The number of nitrogens with zero attached hydrogens (tertiary/aromatic N) is 1. The number of ketones is 1. The highest BCUT2D eigenvalue weighted by Crippen LogP contribution is 2.40. The lowest BCUT2D eigenvalue weighted by molar-refractivity contribution is -0.140. The van der Waals surface area contributed by atoms with Gasteiger partial charge in [0.2, 0.25) is 0 Å². The van der Waals surface area contributed by atoms with Crippen LogP contribution in [-0.2, 0) is 14.3 Å². The molecule has 3 rings (SSSR count). The number of likely N-dealkylation sites (tertiary alicyclic amines) is 1. The van der Waals surface area contributed by atoms with E-state index in [1.807, 2.05) is 0 Å². The van der Waals surface area contributed by atoms with Crippen LogP contribution < -0.4 is 4.74 Å². The van der Waals surface area contributed by atoms with Gasteiger partial charge in [0.25, 0.3) is 11.7 Å². The zero-order valence-corrected chi connectivity index (χ0v) is 17.0. The Labute approximate surface area is 174 Å². The third-order valence-corrected chi connectivity index (χ3v) is 5.03. The Kier molecular flexibility index (Phi) is 6.56. The summed E-state index contributed by atoms with van der Waals surface area (Å²) in [5, 5.41) is 11.4. The zero-order valence-electron chi connectivity index (χ0n) is 16.2. The summed E-state index contributed by atoms with van der Waals surface area (Å²) in [4.78, 5) is 27.1. The molecule has 0 bridgehead atoms. The second-order valence-corrected chi connectivity index (χ2v) is 7.06. The van der Waals surface area contributed by atoms with Crippen LogP contribution in [0.25, 0.3) is 5.76 Å². The average Bonchev–Trinajstić information content (AvgIpc) is 2.98. The van der Waals surface area contributed by atoms with Gasteiger partial charge in [0.05, 0.1) is 18.7 Å². The summed E-state index contributed by atoms with van der Waals surface area (Å²) in [7, 11) is 3.12. The topological polar surface area (TPSA) is 76.1 Å². The molecule has 0 aromatic heterocycles. The van der Waals surface area contributed by atoms with Crippen molar-refractivity contribution in [2.75, 3.05) is 27.4 Å². The Bertz CT molecular complexity index is 956. The molecule has 0 spiro atoms. The van der Waals surface area contributed by atoms with E-state index in [0.29, 0.717) is 41.5 Å². The van der Waals surface area contributed by atoms with E-state index >= 15 is 0 Å². The fraction of sp³-hybridized carbons (Fsp3) is 0.273. The maximum Gasteiger partial charge on any atom is 0.295 e. The van der Waals surface area contributed by atoms with Crippen molar-refractivity contribution in [2.45, 2.75) is 12.5 Å². The molecule has 1 N–H and O–H groups in total. The first-order valence-electron chi connectivity index (χ1n) is 9.15. The van der Waals surface area contributed by atoms with Crippen LogP contribution in [0.2, 0.25) is 5.02 Å². The first-order chi connectivity index (χ1) is 14.0. The minimum absolute atomic E-state index is 0.0305. The molecule has 1 heterocycles. The summed E-state index contributed by atoms with van der Waals surface area (Å²) in [5.41, 5.74) is 1.08. The Morgan fingerprint density at radius 3 is 2.59 bits per heavy atom. The van der Waals surface area contributed by atoms with Crippen LogP contribution in [0.15, 0.2) is 54.1 Å². The van der Waals surface area contributed by atoms with Gasteiger partial charge in [0.15, 0.2) is 0 Å². The van der Waals surface area contributed by atoms with Crippen LogP contribution in [0.3, 0.4) is 0 Å². The van der Waals surface area contributed by atoms with E-state index in [9.17, 15) is 14.7 Å². The molecule has 1 aliphatic heterocycles. The number of methoxy groups -OCH3 is 2. The van der Waals surface area contributed by atoms with E-state index in [2.05, 4.69) is 0 Å². The molecule has 1 fully saturated rings. The van der Waals surface area contributed by atoms with Crippen LogP contribution in [0.4, 0.5) is 0 Å². The summed E-state index contributed by atoms with van der Waals surface area (Å²) in [5.74, 6) is -1.05. The molecule has 0 saturated carbocycles. The fourth-order valence-corrected chi connectivity index (χ4v) is 3.63. The molecular formula is C22H22ClNO5. The predicted octanol–water partition coefficient (Wildman–Crippen LogP) is 3.81. The molecular weight excluding hydrogens is 394 g/mol. The van der Waals surface area contributed by atoms with Gasteiger partial charge in [-0.1, -0.05) is 35.9 Å². The number of rotatable bonds is 7. The first kappa shape index (κ1) is 20.9. The zero-order chi connectivity index (χ0) is 21.0. The molecule has 0 aliphatic carbocycles. The van der Waals surface area contributed by atoms with Crippen molar-refractivity contribution < 1.29 is 24.2 Å². The van der Waals surface area contributed by atoms with Crippen molar-refractivity contribution in [3.05, 3.63) is 70.3 Å². The molecule has 152 valence electrons. The lowest BCUT2D eigenvalue weighted by atomic mass is 9.95. The summed E-state index contributed by atoms with van der Waals surface area (Å²) < 4.78 is 10.4. The van der Waals surface area contributed by atoms with Crippen molar-refractivity contribution in [1.29, 1.82) is 0 Å². The van der Waals surface area contributed by atoms with E-state index in [4.69, 9.17) is 21.1 Å². The lowest BCUT2D eigenvalue weighted by Gasteiger charge is -2.25. The third kappa shape index (κ3) is 4.28. The lowest BCUT2D eigenvalue weighted by Crippen LogP contribution is -2.31. The van der Waals surface area contributed by atoms with Gasteiger partial charge in [0.1, 0.15) is 11.5 Å². The van der Waals surface area contributed by atoms with Crippen molar-refractivity contribution in [3.8, 4) is 5.75 Å². The molecule has 1 amide bonds. The van der Waals surface area contributed by atoms with E-state index < -0.39 is 17.7 Å². The van der Waals surface area contributed by atoms with Gasteiger partial charge in [-0.2, -0.15) is 0 Å². The number of hydrogen-bond acceptors (Lipinski definition) is 5. The van der Waals surface area contributed by atoms with Gasteiger partial charge in [-0.05, 0) is 36.2 Å². The monoisotopic (exact) mass is 415 g/mol. The van der Waals surface area contributed by atoms with Crippen LogP contribution in [0, 0.1) is 0 Å². The first-order valence-corrected chi connectivity index (χ1v) is 9.53. The Morgan fingerprint density at radius 1 is 1.14 bits per heavy atom. The highest BCUT2D eigenvalue weighted by atomic mass is 35.5. The highest BCUT2D eigenvalue weighted by molar-refractivity contribution is 6.46. The molecule has 2 aromatic rings. The molecule has 0 radical (unpaired) electrons. The van der Waals surface area contributed by atoms with E-state index in [-0.39, 0.29) is 11.3 Å². The molecule has 1 saturated heterocycles. The number of benzene rings is 2. The van der Waals surface area contributed by atoms with Crippen molar-refractivity contribution in [3.63, 3.8) is 0 Å². The molecule has 1 atom stereocenters. The Balaban J connectivity index is 2.14. The summed E-state index contributed by atoms with van der Waals surface area (Å²) >= 11 is 6.04. The fourth-order valence-electron chi connectivity index (χ4n) is 3.44. The van der Waals surface area contributed by atoms with Crippen LogP contribution in [-0.4, -0.2) is 49.1 Å². The van der Waals surface area contributed by atoms with Gasteiger partial charge in [0, 0.05) is 30.8 Å². The quantitative estimate of drug-likeness (QED) is 0.322. The maximum absolute atomic E-state index is 12.9. The van der Waals surface area contributed by atoms with Crippen molar-refractivity contribution >= 4 is 29.1 Å². The molecule has 6 nitrogen and oxygen atoms in total. The van der Waals surface area contributed by atoms with Crippen LogP contribution >= 0.6 is 11.6 Å². The number of amides is 1. The minimum atomic E-state index is -0.735. The number of halogens is 1. The van der Waals surface area contributed by atoms with Crippen LogP contribution in [0.5, 0.6) is 5.75 Å². The molecule has 7 heteroatoms. The molecule has 1 unspecified atom stereocenters. The molecule has 29 heavy (non-hydrogen) atoms. The maximum atomic E-state index is 12.9. The normalized spacial score (nSPS) is 18.3. The van der Waals surface area contributed by atoms with Gasteiger partial charge >= 0.3 is 0 Å². The Morgan fingerprint density at radius 2 is 1.90 bits per heavy atom. The summed E-state index contributed by atoms with van der Waals surface area (Å²) in [6.45, 7) is 0.759. The number of carbonyl (C=O) groups is 2. The second-order valence-electron chi connectivity index (χ2n) is 6.63. The number of ether oxygens (including phenoxy) is 2. The van der Waals surface area contributed by atoms with E-state index in [1.165, 1.54) is 4.90 Å². The smallest absolute Gasteiger partial charge is 0.295 e. The van der Waals surface area contributed by atoms with Gasteiger partial charge in [-0.15, -0.1) is 0 Å². The number of carbonyl (C=O) groups excluding carboxylic acids is 2. The van der Waals surface area contributed by atoms with Gasteiger partial charge in [-0.25, -0.2) is 0 Å². The minimum Gasteiger partial charge on any atom is -0.507 e.